The number of amides is 1. The quantitative estimate of drug-likeness (QED) is 0.769. The summed E-state index contributed by atoms with van der Waals surface area (Å²) in [5.74, 6) is -0.275. The molecule has 0 aliphatic rings. The van der Waals surface area contributed by atoms with Crippen LogP contribution in [-0.2, 0) is 0 Å². The third kappa shape index (κ3) is 3.09. The molecule has 1 atom stereocenters. The maximum Gasteiger partial charge on any atom is 0.270 e. The Labute approximate surface area is 131 Å². The Balaban J connectivity index is 1.91. The minimum Gasteiger partial charge on any atom is -0.374 e. The summed E-state index contributed by atoms with van der Waals surface area (Å²) in [6.07, 6.45) is 1.58. The summed E-state index contributed by atoms with van der Waals surface area (Å²) in [6, 6.07) is 14.3. The molecule has 2 heterocycles. The molecule has 7 heteroatoms. The minimum absolute atomic E-state index is 0.275. The molecule has 0 radical (unpaired) electrons. The van der Waals surface area contributed by atoms with Gasteiger partial charge >= 0.3 is 0 Å². The van der Waals surface area contributed by atoms with Crippen molar-refractivity contribution in [3.63, 3.8) is 0 Å². The van der Waals surface area contributed by atoms with Crippen LogP contribution in [0, 0.1) is 0 Å². The topological polar surface area (TPSA) is 93.8 Å². The Morgan fingerprint density at radius 2 is 1.86 bits per heavy atom. The molecule has 1 aromatic carbocycles. The number of nitrogen functional groups attached to an aromatic ring is 1. The van der Waals surface area contributed by atoms with Gasteiger partial charge in [0.2, 0.25) is 5.13 Å². The summed E-state index contributed by atoms with van der Waals surface area (Å²) in [5, 5.41) is 11.8. The van der Waals surface area contributed by atoms with Gasteiger partial charge in [0.25, 0.3) is 5.91 Å². The van der Waals surface area contributed by atoms with Crippen molar-refractivity contribution in [1.29, 1.82) is 0 Å². The molecular formula is C15H13N5OS. The Hall–Kier alpha value is -2.80. The third-order valence-electron chi connectivity index (χ3n) is 3.01. The van der Waals surface area contributed by atoms with E-state index in [4.69, 9.17) is 5.73 Å². The first-order valence-corrected chi connectivity index (χ1v) is 7.41. The number of anilines is 1. The van der Waals surface area contributed by atoms with Crippen LogP contribution in [-0.4, -0.2) is 21.1 Å². The molecule has 3 rings (SSSR count). The van der Waals surface area contributed by atoms with Crippen LogP contribution < -0.4 is 11.1 Å². The van der Waals surface area contributed by atoms with E-state index < -0.39 is 6.04 Å². The van der Waals surface area contributed by atoms with Gasteiger partial charge in [-0.2, -0.15) is 0 Å². The highest BCUT2D eigenvalue weighted by atomic mass is 32.1. The van der Waals surface area contributed by atoms with Crippen LogP contribution in [0.25, 0.3) is 0 Å². The standard InChI is InChI=1S/C15H13N5OS/c16-15-20-19-14(22-15)12(10-6-2-1-3-7-10)18-13(21)11-8-4-5-9-17-11/h1-9,12H,(H2,16,20)(H,18,21). The van der Waals surface area contributed by atoms with E-state index in [0.717, 1.165) is 5.56 Å². The highest BCUT2D eigenvalue weighted by Crippen LogP contribution is 2.26. The average molecular weight is 311 g/mol. The van der Waals surface area contributed by atoms with Crippen LogP contribution in [0.15, 0.2) is 54.7 Å². The van der Waals surface area contributed by atoms with Gasteiger partial charge in [-0.1, -0.05) is 47.7 Å². The molecule has 0 saturated carbocycles. The van der Waals surface area contributed by atoms with Gasteiger partial charge < -0.3 is 11.1 Å². The van der Waals surface area contributed by atoms with Crippen molar-refractivity contribution < 1.29 is 4.79 Å². The van der Waals surface area contributed by atoms with E-state index in [9.17, 15) is 4.79 Å². The van der Waals surface area contributed by atoms with E-state index in [1.54, 1.807) is 24.4 Å². The van der Waals surface area contributed by atoms with Crippen molar-refractivity contribution in [1.82, 2.24) is 20.5 Å². The van der Waals surface area contributed by atoms with E-state index in [1.807, 2.05) is 30.3 Å². The molecule has 22 heavy (non-hydrogen) atoms. The molecular weight excluding hydrogens is 298 g/mol. The SMILES string of the molecule is Nc1nnc(C(NC(=O)c2ccccn2)c2ccccc2)s1. The first kappa shape index (κ1) is 14.2. The number of carbonyl (C=O) groups is 1. The molecule has 0 aliphatic carbocycles. The van der Waals surface area contributed by atoms with E-state index in [1.165, 1.54) is 11.3 Å². The smallest absolute Gasteiger partial charge is 0.270 e. The summed E-state index contributed by atoms with van der Waals surface area (Å²) >= 11 is 1.25. The van der Waals surface area contributed by atoms with Crippen LogP contribution in [0.4, 0.5) is 5.13 Å². The fourth-order valence-electron chi connectivity index (χ4n) is 2.00. The molecule has 0 saturated heterocycles. The van der Waals surface area contributed by atoms with Crippen LogP contribution in [0.5, 0.6) is 0 Å². The second-order valence-electron chi connectivity index (χ2n) is 4.51. The van der Waals surface area contributed by atoms with Crippen LogP contribution in [0.2, 0.25) is 0 Å². The van der Waals surface area contributed by atoms with E-state index >= 15 is 0 Å². The number of rotatable bonds is 4. The van der Waals surface area contributed by atoms with Crippen LogP contribution in [0.1, 0.15) is 27.1 Å². The molecule has 0 spiro atoms. The van der Waals surface area contributed by atoms with E-state index in [2.05, 4.69) is 20.5 Å². The van der Waals surface area contributed by atoms with Crippen LogP contribution in [0.3, 0.4) is 0 Å². The molecule has 2 aromatic heterocycles. The molecule has 1 amide bonds. The second-order valence-corrected chi connectivity index (χ2v) is 5.55. The third-order valence-corrected chi connectivity index (χ3v) is 3.83. The average Bonchev–Trinajstić information content (AvgIpc) is 3.00. The highest BCUT2D eigenvalue weighted by Gasteiger charge is 2.21. The van der Waals surface area contributed by atoms with Gasteiger partial charge in [0, 0.05) is 6.20 Å². The number of carbonyl (C=O) groups excluding carboxylic acids is 1. The van der Waals surface area contributed by atoms with Gasteiger partial charge in [0.05, 0.1) is 0 Å². The number of pyridine rings is 1. The van der Waals surface area contributed by atoms with Crippen molar-refractivity contribution in [3.05, 3.63) is 71.0 Å². The molecule has 0 fully saturated rings. The summed E-state index contributed by atoms with van der Waals surface area (Å²) in [6.45, 7) is 0. The lowest BCUT2D eigenvalue weighted by Crippen LogP contribution is -2.29. The normalized spacial score (nSPS) is 11.8. The summed E-state index contributed by atoms with van der Waals surface area (Å²) < 4.78 is 0. The van der Waals surface area contributed by atoms with Gasteiger partial charge in [-0.3, -0.25) is 9.78 Å². The summed E-state index contributed by atoms with van der Waals surface area (Å²) in [4.78, 5) is 16.4. The van der Waals surface area contributed by atoms with E-state index in [0.29, 0.717) is 15.8 Å². The second kappa shape index (κ2) is 6.31. The maximum atomic E-state index is 12.4. The Bertz CT molecular complexity index is 760. The Kier molecular flexibility index (Phi) is 4.06. The predicted octanol–water partition coefficient (Wildman–Crippen LogP) is 2.03. The number of hydrogen-bond acceptors (Lipinski definition) is 6. The number of benzene rings is 1. The number of aromatic nitrogens is 3. The van der Waals surface area contributed by atoms with Crippen molar-refractivity contribution >= 4 is 22.4 Å². The molecule has 0 bridgehead atoms. The number of nitrogens with two attached hydrogens (primary N) is 1. The van der Waals surface area contributed by atoms with Gasteiger partial charge in [0.15, 0.2) is 0 Å². The molecule has 6 nitrogen and oxygen atoms in total. The fraction of sp³-hybridized carbons (Fsp3) is 0.0667. The zero-order chi connectivity index (χ0) is 15.4. The first-order chi connectivity index (χ1) is 10.7. The van der Waals surface area contributed by atoms with Gasteiger partial charge in [-0.25, -0.2) is 0 Å². The molecule has 110 valence electrons. The van der Waals surface area contributed by atoms with E-state index in [-0.39, 0.29) is 5.91 Å². The zero-order valence-electron chi connectivity index (χ0n) is 11.5. The van der Waals surface area contributed by atoms with Gasteiger partial charge in [0.1, 0.15) is 16.7 Å². The lowest BCUT2D eigenvalue weighted by Gasteiger charge is -2.16. The highest BCUT2D eigenvalue weighted by molar-refractivity contribution is 7.15. The fourth-order valence-corrected chi connectivity index (χ4v) is 2.69. The number of nitrogens with zero attached hydrogens (tertiary/aromatic N) is 3. The molecule has 3 aromatic rings. The van der Waals surface area contributed by atoms with Gasteiger partial charge in [-0.15, -0.1) is 10.2 Å². The van der Waals surface area contributed by atoms with Crippen molar-refractivity contribution in [2.24, 2.45) is 0 Å². The van der Waals surface area contributed by atoms with Crippen molar-refractivity contribution in [2.75, 3.05) is 5.73 Å². The number of nitrogens with one attached hydrogen (secondary N) is 1. The van der Waals surface area contributed by atoms with Crippen molar-refractivity contribution in [3.8, 4) is 0 Å². The number of hydrogen-bond donors (Lipinski definition) is 2. The van der Waals surface area contributed by atoms with Gasteiger partial charge in [-0.05, 0) is 17.7 Å². The largest absolute Gasteiger partial charge is 0.374 e. The maximum absolute atomic E-state index is 12.4. The first-order valence-electron chi connectivity index (χ1n) is 6.60. The summed E-state index contributed by atoms with van der Waals surface area (Å²) in [7, 11) is 0. The molecule has 3 N–H and O–H groups in total. The lowest BCUT2D eigenvalue weighted by molar-refractivity contribution is 0.0938. The lowest BCUT2D eigenvalue weighted by atomic mass is 10.1. The summed E-state index contributed by atoms with van der Waals surface area (Å²) in [5.41, 5.74) is 6.91. The molecule has 1 unspecified atom stereocenters. The predicted molar refractivity (Wildman–Crippen MR) is 84.3 cm³/mol. The Morgan fingerprint density at radius 1 is 1.09 bits per heavy atom. The van der Waals surface area contributed by atoms with Crippen molar-refractivity contribution in [2.45, 2.75) is 6.04 Å². The minimum atomic E-state index is -0.412. The zero-order valence-corrected chi connectivity index (χ0v) is 12.3. The molecule has 0 aliphatic heterocycles. The Morgan fingerprint density at radius 3 is 2.50 bits per heavy atom. The van der Waals surface area contributed by atoms with Crippen LogP contribution >= 0.6 is 11.3 Å². The monoisotopic (exact) mass is 311 g/mol.